The van der Waals surface area contributed by atoms with Crippen molar-refractivity contribution in [2.75, 3.05) is 13.1 Å². The van der Waals surface area contributed by atoms with Gasteiger partial charge in [0.15, 0.2) is 4.11 Å². The maximum Gasteiger partial charge on any atom is 0.183 e. The zero-order valence-corrected chi connectivity index (χ0v) is 12.3. The fraction of sp³-hybridized carbons (Fsp3) is 0.636. The predicted molar refractivity (Wildman–Crippen MR) is 77.0 cm³/mol. The molecule has 0 saturated carbocycles. The Morgan fingerprint density at radius 3 is 2.94 bits per heavy atom. The van der Waals surface area contributed by atoms with Crippen LogP contribution in [0.4, 0.5) is 0 Å². The van der Waals surface area contributed by atoms with Crippen LogP contribution >= 0.6 is 33.9 Å². The molecule has 0 bridgehead atoms. The molecule has 0 spiro atoms. The van der Waals surface area contributed by atoms with E-state index in [4.69, 9.17) is 9.82 Å². The van der Waals surface area contributed by atoms with E-state index in [2.05, 4.69) is 38.4 Å². The summed E-state index contributed by atoms with van der Waals surface area (Å²) >= 11 is 4.02. The standard InChI is InChI=1S/C11H14IN3OS/c12-10-5-8(15-16-10)9-6-17-11(14-9)7-1-3-13-4-2-7/h6-7,10,13H,1-5H2. The Labute approximate surface area is 118 Å². The lowest BCUT2D eigenvalue weighted by atomic mass is 9.99. The molecule has 0 aromatic carbocycles. The number of piperidine rings is 1. The summed E-state index contributed by atoms with van der Waals surface area (Å²) in [6, 6.07) is 0. The van der Waals surface area contributed by atoms with Gasteiger partial charge in [0.2, 0.25) is 0 Å². The van der Waals surface area contributed by atoms with E-state index in [0.717, 1.165) is 30.9 Å². The first kappa shape index (κ1) is 11.9. The molecule has 1 N–H and O–H groups in total. The first-order chi connectivity index (χ1) is 8.33. The fourth-order valence-corrected chi connectivity index (χ4v) is 3.71. The molecule has 1 saturated heterocycles. The fourth-order valence-electron chi connectivity index (χ4n) is 2.18. The minimum Gasteiger partial charge on any atom is -0.381 e. The van der Waals surface area contributed by atoms with E-state index in [0.29, 0.717) is 5.92 Å². The van der Waals surface area contributed by atoms with Crippen molar-refractivity contribution < 1.29 is 4.84 Å². The quantitative estimate of drug-likeness (QED) is 0.649. The van der Waals surface area contributed by atoms with Crippen LogP contribution < -0.4 is 5.32 Å². The number of nitrogens with zero attached hydrogens (tertiary/aromatic N) is 2. The molecule has 3 rings (SSSR count). The minimum absolute atomic E-state index is 0.173. The van der Waals surface area contributed by atoms with E-state index >= 15 is 0 Å². The normalized spacial score (nSPS) is 25.7. The largest absolute Gasteiger partial charge is 0.381 e. The first-order valence-corrected chi connectivity index (χ1v) is 7.99. The smallest absolute Gasteiger partial charge is 0.183 e. The van der Waals surface area contributed by atoms with Crippen LogP contribution in [-0.4, -0.2) is 27.9 Å². The summed E-state index contributed by atoms with van der Waals surface area (Å²) in [5, 5.41) is 10.9. The Morgan fingerprint density at radius 2 is 2.24 bits per heavy atom. The van der Waals surface area contributed by atoms with Crippen molar-refractivity contribution in [2.45, 2.75) is 29.3 Å². The Kier molecular flexibility index (Phi) is 3.62. The summed E-state index contributed by atoms with van der Waals surface area (Å²) in [6.45, 7) is 2.22. The van der Waals surface area contributed by atoms with Gasteiger partial charge in [0, 0.05) is 17.7 Å². The van der Waals surface area contributed by atoms with Crippen molar-refractivity contribution >= 4 is 39.6 Å². The van der Waals surface area contributed by atoms with Crippen LogP contribution in [-0.2, 0) is 4.84 Å². The maximum atomic E-state index is 5.20. The molecule has 0 radical (unpaired) electrons. The van der Waals surface area contributed by atoms with Gasteiger partial charge in [-0.05, 0) is 48.5 Å². The van der Waals surface area contributed by atoms with E-state index in [1.807, 2.05) is 0 Å². The summed E-state index contributed by atoms with van der Waals surface area (Å²) in [6.07, 6.45) is 3.27. The predicted octanol–water partition coefficient (Wildman–Crippen LogP) is 2.50. The van der Waals surface area contributed by atoms with Crippen LogP contribution in [0.15, 0.2) is 10.5 Å². The van der Waals surface area contributed by atoms with Gasteiger partial charge in [0.05, 0.1) is 10.7 Å². The molecule has 92 valence electrons. The average molecular weight is 363 g/mol. The van der Waals surface area contributed by atoms with Gasteiger partial charge < -0.3 is 10.2 Å². The number of aromatic nitrogens is 1. The van der Waals surface area contributed by atoms with Crippen LogP contribution in [0.2, 0.25) is 0 Å². The van der Waals surface area contributed by atoms with Crippen molar-refractivity contribution in [2.24, 2.45) is 5.16 Å². The first-order valence-electron chi connectivity index (χ1n) is 5.86. The van der Waals surface area contributed by atoms with Gasteiger partial charge in [-0.2, -0.15) is 0 Å². The molecule has 2 aliphatic heterocycles. The molecule has 0 aliphatic carbocycles. The second kappa shape index (κ2) is 5.19. The highest BCUT2D eigenvalue weighted by atomic mass is 127. The SMILES string of the molecule is IC1CC(c2csc(C3CCNCC3)n2)=NO1. The molecule has 1 aromatic heterocycles. The summed E-state index contributed by atoms with van der Waals surface area (Å²) < 4.78 is 0.173. The number of halogens is 1. The van der Waals surface area contributed by atoms with Gasteiger partial charge in [-0.25, -0.2) is 4.98 Å². The lowest BCUT2D eigenvalue weighted by molar-refractivity contribution is 0.159. The van der Waals surface area contributed by atoms with E-state index in [-0.39, 0.29) is 4.11 Å². The Hall–Kier alpha value is -0.210. The van der Waals surface area contributed by atoms with Crippen LogP contribution in [0.3, 0.4) is 0 Å². The highest BCUT2D eigenvalue weighted by molar-refractivity contribution is 14.1. The summed E-state index contributed by atoms with van der Waals surface area (Å²) in [7, 11) is 0. The van der Waals surface area contributed by atoms with Crippen LogP contribution in [0, 0.1) is 0 Å². The van der Waals surface area contributed by atoms with Gasteiger partial charge in [-0.15, -0.1) is 11.3 Å². The molecule has 0 amide bonds. The van der Waals surface area contributed by atoms with Gasteiger partial charge >= 0.3 is 0 Å². The molecule has 3 heterocycles. The summed E-state index contributed by atoms with van der Waals surface area (Å²) in [5.41, 5.74) is 2.02. The van der Waals surface area contributed by atoms with E-state index in [1.54, 1.807) is 11.3 Å². The molecule has 4 nitrogen and oxygen atoms in total. The summed E-state index contributed by atoms with van der Waals surface area (Å²) in [5.74, 6) is 0.633. The maximum absolute atomic E-state index is 5.20. The lowest BCUT2D eigenvalue weighted by Crippen LogP contribution is -2.26. The molecule has 1 aromatic rings. The highest BCUT2D eigenvalue weighted by Gasteiger charge is 2.23. The average Bonchev–Trinajstić information content (AvgIpc) is 2.98. The number of alkyl halides is 1. The van der Waals surface area contributed by atoms with Gasteiger partial charge in [0.25, 0.3) is 0 Å². The van der Waals surface area contributed by atoms with Gasteiger partial charge in [0.1, 0.15) is 5.71 Å². The van der Waals surface area contributed by atoms with E-state index in [1.165, 1.54) is 17.8 Å². The molecule has 17 heavy (non-hydrogen) atoms. The molecular weight excluding hydrogens is 349 g/mol. The number of oxime groups is 1. The van der Waals surface area contributed by atoms with Crippen molar-refractivity contribution in [3.8, 4) is 0 Å². The number of thiazole rings is 1. The van der Waals surface area contributed by atoms with Crippen LogP contribution in [0.25, 0.3) is 0 Å². The van der Waals surface area contributed by atoms with Crippen LogP contribution in [0.5, 0.6) is 0 Å². The van der Waals surface area contributed by atoms with Gasteiger partial charge in [-0.1, -0.05) is 5.16 Å². The molecule has 6 heteroatoms. The van der Waals surface area contributed by atoms with Crippen molar-refractivity contribution in [1.82, 2.24) is 10.3 Å². The molecule has 2 aliphatic rings. The van der Waals surface area contributed by atoms with Crippen molar-refractivity contribution in [3.05, 3.63) is 16.1 Å². The van der Waals surface area contributed by atoms with Crippen molar-refractivity contribution in [3.63, 3.8) is 0 Å². The third-order valence-electron chi connectivity index (χ3n) is 3.14. The highest BCUT2D eigenvalue weighted by Crippen LogP contribution is 2.29. The molecule has 1 fully saturated rings. The van der Waals surface area contributed by atoms with Crippen LogP contribution in [0.1, 0.15) is 35.9 Å². The topological polar surface area (TPSA) is 46.5 Å². The van der Waals surface area contributed by atoms with E-state index in [9.17, 15) is 0 Å². The number of rotatable bonds is 2. The molecule has 1 unspecified atom stereocenters. The summed E-state index contributed by atoms with van der Waals surface area (Å²) in [4.78, 5) is 9.93. The Morgan fingerprint density at radius 1 is 1.41 bits per heavy atom. The minimum atomic E-state index is 0.173. The molecule has 1 atom stereocenters. The van der Waals surface area contributed by atoms with Crippen molar-refractivity contribution in [1.29, 1.82) is 0 Å². The Balaban J connectivity index is 1.73. The number of hydrogen-bond acceptors (Lipinski definition) is 5. The second-order valence-electron chi connectivity index (χ2n) is 4.35. The third kappa shape index (κ3) is 2.63. The number of hydrogen-bond donors (Lipinski definition) is 1. The Bertz CT molecular complexity index is 428. The zero-order valence-electron chi connectivity index (χ0n) is 9.36. The van der Waals surface area contributed by atoms with E-state index < -0.39 is 0 Å². The van der Waals surface area contributed by atoms with Gasteiger partial charge in [-0.3, -0.25) is 0 Å². The zero-order chi connectivity index (χ0) is 11.7. The monoisotopic (exact) mass is 363 g/mol. The molecular formula is C11H14IN3OS. The lowest BCUT2D eigenvalue weighted by Gasteiger charge is -2.20. The second-order valence-corrected chi connectivity index (χ2v) is 6.63. The third-order valence-corrected chi connectivity index (χ3v) is 4.81. The number of nitrogens with one attached hydrogen (secondary N) is 1.